The fourth-order valence-electron chi connectivity index (χ4n) is 3.66. The quantitative estimate of drug-likeness (QED) is 0.467. The van der Waals surface area contributed by atoms with Gasteiger partial charge in [-0.25, -0.2) is 14.0 Å². The molecule has 3 aromatic carbocycles. The Labute approximate surface area is 170 Å². The van der Waals surface area contributed by atoms with E-state index in [2.05, 4.69) is 5.10 Å². The molecule has 7 heteroatoms. The Hall–Kier alpha value is -4.00. The number of aryl methyl sites for hydroxylation is 1. The number of nitrogens with zero attached hydrogens (tertiary/aromatic N) is 4. The van der Waals surface area contributed by atoms with Crippen LogP contribution in [0.4, 0.5) is 4.39 Å². The van der Waals surface area contributed by atoms with Crippen molar-refractivity contribution in [3.05, 3.63) is 111 Å². The van der Waals surface area contributed by atoms with Gasteiger partial charge in [0, 0.05) is 5.39 Å². The summed E-state index contributed by atoms with van der Waals surface area (Å²) in [6, 6.07) is 20.7. The maximum absolute atomic E-state index is 13.7. The zero-order valence-electron chi connectivity index (χ0n) is 16.1. The minimum atomic E-state index is -0.544. The average Bonchev–Trinajstić information content (AvgIpc) is 3.09. The summed E-state index contributed by atoms with van der Waals surface area (Å²) >= 11 is 0. The van der Waals surface area contributed by atoms with E-state index in [1.807, 2.05) is 37.3 Å². The lowest BCUT2D eigenvalue weighted by atomic mass is 10.2. The van der Waals surface area contributed by atoms with Crippen LogP contribution < -0.4 is 11.4 Å². The maximum Gasteiger partial charge on any atom is 0.359 e. The summed E-state index contributed by atoms with van der Waals surface area (Å²) < 4.78 is 17.4. The van der Waals surface area contributed by atoms with Crippen molar-refractivity contribution < 1.29 is 4.39 Å². The second kappa shape index (κ2) is 6.81. The molecule has 0 spiro atoms. The summed E-state index contributed by atoms with van der Waals surface area (Å²) in [5, 5.41) is 5.12. The number of benzene rings is 3. The topological polar surface area (TPSA) is 61.3 Å². The molecular formula is C23H17FN4O2. The lowest BCUT2D eigenvalue weighted by Gasteiger charge is -2.11. The summed E-state index contributed by atoms with van der Waals surface area (Å²) in [6.45, 7) is 2.09. The molecule has 148 valence electrons. The molecule has 2 aromatic heterocycles. The monoisotopic (exact) mass is 400 g/mol. The number of fused-ring (bicyclic) bond motifs is 3. The van der Waals surface area contributed by atoms with Gasteiger partial charge in [-0.15, -0.1) is 5.10 Å². The second-order valence-electron chi connectivity index (χ2n) is 7.20. The molecular weight excluding hydrogens is 383 g/mol. The lowest BCUT2D eigenvalue weighted by Crippen LogP contribution is -2.34. The first-order valence-electron chi connectivity index (χ1n) is 9.48. The smallest absolute Gasteiger partial charge is 0.288 e. The summed E-state index contributed by atoms with van der Waals surface area (Å²) in [5.74, 6) is -0.379. The van der Waals surface area contributed by atoms with Crippen LogP contribution in [0.15, 0.2) is 82.4 Å². The highest BCUT2D eigenvalue weighted by atomic mass is 19.1. The molecule has 0 atom stereocenters. The van der Waals surface area contributed by atoms with Crippen LogP contribution in [0.3, 0.4) is 0 Å². The fraction of sp³-hybridized carbons (Fsp3) is 0.0870. The Morgan fingerprint density at radius 2 is 1.67 bits per heavy atom. The standard InChI is InChI=1S/C23H17FN4O2/c1-15-9-11-18(12-10-15)28-23(30)27-21(25-28)19-7-2-3-8-20(19)26(22(27)29)14-16-5-4-6-17(24)13-16/h2-13H,14H2,1H3. The van der Waals surface area contributed by atoms with Crippen LogP contribution in [0, 0.1) is 12.7 Å². The minimum absolute atomic E-state index is 0.134. The van der Waals surface area contributed by atoms with Crippen LogP contribution in [0.25, 0.3) is 22.2 Å². The van der Waals surface area contributed by atoms with E-state index >= 15 is 0 Å². The molecule has 2 heterocycles. The van der Waals surface area contributed by atoms with Crippen LogP contribution >= 0.6 is 0 Å². The van der Waals surface area contributed by atoms with E-state index in [-0.39, 0.29) is 18.0 Å². The minimum Gasteiger partial charge on any atom is -0.288 e. The van der Waals surface area contributed by atoms with Crippen molar-refractivity contribution in [3.8, 4) is 5.69 Å². The molecule has 0 amide bonds. The summed E-state index contributed by atoms with van der Waals surface area (Å²) in [5.41, 5.74) is 2.11. The van der Waals surface area contributed by atoms with Crippen molar-refractivity contribution in [1.82, 2.24) is 18.7 Å². The SMILES string of the molecule is Cc1ccc(-n2nc3c4ccccc4n(Cc4cccc(F)c4)c(=O)n3c2=O)cc1. The van der Waals surface area contributed by atoms with E-state index < -0.39 is 11.4 Å². The third kappa shape index (κ3) is 2.83. The highest BCUT2D eigenvalue weighted by Gasteiger charge is 2.18. The van der Waals surface area contributed by atoms with E-state index in [0.717, 1.165) is 9.96 Å². The molecule has 0 radical (unpaired) electrons. The van der Waals surface area contributed by atoms with Crippen LogP contribution in [0.1, 0.15) is 11.1 Å². The summed E-state index contributed by atoms with van der Waals surface area (Å²) in [6.07, 6.45) is 0. The zero-order chi connectivity index (χ0) is 20.8. The van der Waals surface area contributed by atoms with Gasteiger partial charge in [-0.3, -0.25) is 4.57 Å². The predicted octanol–water partition coefficient (Wildman–Crippen LogP) is 3.30. The van der Waals surface area contributed by atoms with Crippen LogP contribution in [0.2, 0.25) is 0 Å². The maximum atomic E-state index is 13.7. The van der Waals surface area contributed by atoms with Crippen molar-refractivity contribution in [2.45, 2.75) is 13.5 Å². The van der Waals surface area contributed by atoms with Gasteiger partial charge in [-0.05, 0) is 48.9 Å². The third-order valence-electron chi connectivity index (χ3n) is 5.15. The molecule has 6 nitrogen and oxygen atoms in total. The van der Waals surface area contributed by atoms with Gasteiger partial charge in [-0.2, -0.15) is 9.08 Å². The molecule has 0 aliphatic carbocycles. The second-order valence-corrected chi connectivity index (χ2v) is 7.20. The molecule has 0 bridgehead atoms. The van der Waals surface area contributed by atoms with Gasteiger partial charge in [0.2, 0.25) is 0 Å². The number of rotatable bonds is 3. The van der Waals surface area contributed by atoms with Crippen LogP contribution in [-0.2, 0) is 6.54 Å². The molecule has 0 aliphatic heterocycles. The van der Waals surface area contributed by atoms with Gasteiger partial charge < -0.3 is 0 Å². The number of para-hydroxylation sites is 1. The van der Waals surface area contributed by atoms with Crippen molar-refractivity contribution in [3.63, 3.8) is 0 Å². The number of aromatic nitrogens is 4. The van der Waals surface area contributed by atoms with Gasteiger partial charge in [0.1, 0.15) is 5.82 Å². The zero-order valence-corrected chi connectivity index (χ0v) is 16.1. The Morgan fingerprint density at radius 3 is 2.43 bits per heavy atom. The third-order valence-corrected chi connectivity index (χ3v) is 5.15. The van der Waals surface area contributed by atoms with Gasteiger partial charge in [0.15, 0.2) is 5.65 Å². The molecule has 0 fully saturated rings. The van der Waals surface area contributed by atoms with Gasteiger partial charge >= 0.3 is 11.4 Å². The Balaban J connectivity index is 1.82. The Morgan fingerprint density at radius 1 is 0.900 bits per heavy atom. The van der Waals surface area contributed by atoms with E-state index in [1.165, 1.54) is 21.4 Å². The molecule has 0 N–H and O–H groups in total. The first-order chi connectivity index (χ1) is 14.5. The van der Waals surface area contributed by atoms with Gasteiger partial charge in [-0.1, -0.05) is 42.0 Å². The number of halogens is 1. The largest absolute Gasteiger partial charge is 0.359 e. The fourth-order valence-corrected chi connectivity index (χ4v) is 3.66. The van der Waals surface area contributed by atoms with E-state index in [0.29, 0.717) is 22.2 Å². The van der Waals surface area contributed by atoms with E-state index in [4.69, 9.17) is 0 Å². The number of hydrogen-bond donors (Lipinski definition) is 0. The molecule has 0 unspecified atom stereocenters. The lowest BCUT2D eigenvalue weighted by molar-refractivity contribution is 0.622. The summed E-state index contributed by atoms with van der Waals surface area (Å²) in [7, 11) is 0. The highest BCUT2D eigenvalue weighted by Crippen LogP contribution is 2.18. The first kappa shape index (κ1) is 18.1. The molecule has 0 saturated heterocycles. The normalized spacial score (nSPS) is 11.4. The highest BCUT2D eigenvalue weighted by molar-refractivity contribution is 5.91. The van der Waals surface area contributed by atoms with Gasteiger partial charge in [0.05, 0.1) is 17.7 Å². The molecule has 0 aliphatic rings. The molecule has 5 rings (SSSR count). The first-order valence-corrected chi connectivity index (χ1v) is 9.48. The van der Waals surface area contributed by atoms with Gasteiger partial charge in [0.25, 0.3) is 0 Å². The molecule has 0 saturated carbocycles. The van der Waals surface area contributed by atoms with E-state index in [1.54, 1.807) is 30.3 Å². The Bertz CT molecular complexity index is 1530. The molecule has 30 heavy (non-hydrogen) atoms. The van der Waals surface area contributed by atoms with Crippen LogP contribution in [0.5, 0.6) is 0 Å². The van der Waals surface area contributed by atoms with Crippen molar-refractivity contribution >= 4 is 16.6 Å². The number of hydrogen-bond acceptors (Lipinski definition) is 3. The predicted molar refractivity (Wildman–Crippen MR) is 113 cm³/mol. The van der Waals surface area contributed by atoms with E-state index in [9.17, 15) is 14.0 Å². The van der Waals surface area contributed by atoms with Crippen molar-refractivity contribution in [1.29, 1.82) is 0 Å². The van der Waals surface area contributed by atoms with Crippen molar-refractivity contribution in [2.75, 3.05) is 0 Å². The summed E-state index contributed by atoms with van der Waals surface area (Å²) in [4.78, 5) is 26.5. The van der Waals surface area contributed by atoms with Crippen LogP contribution in [-0.4, -0.2) is 18.7 Å². The Kier molecular flexibility index (Phi) is 4.10. The molecule has 5 aromatic rings. The average molecular weight is 400 g/mol. The van der Waals surface area contributed by atoms with Crippen molar-refractivity contribution in [2.24, 2.45) is 0 Å².